The summed E-state index contributed by atoms with van der Waals surface area (Å²) in [6.07, 6.45) is 6.65. The van der Waals surface area contributed by atoms with E-state index in [1.165, 1.54) is 6.42 Å². The topological polar surface area (TPSA) is 78.9 Å². The van der Waals surface area contributed by atoms with E-state index < -0.39 is 6.10 Å². The van der Waals surface area contributed by atoms with Crippen molar-refractivity contribution in [2.45, 2.75) is 77.9 Å². The van der Waals surface area contributed by atoms with E-state index in [-0.39, 0.29) is 46.9 Å². The molecule has 6 heteroatoms. The first-order chi connectivity index (χ1) is 16.2. The van der Waals surface area contributed by atoms with Crippen molar-refractivity contribution in [1.82, 2.24) is 10.2 Å². The number of carbonyl (C=O) groups excluding carboxylic acids is 2. The summed E-state index contributed by atoms with van der Waals surface area (Å²) in [5.41, 5.74) is 0.661. The number of piperidine rings is 1. The highest BCUT2D eigenvalue weighted by molar-refractivity contribution is 5.94. The number of rotatable bonds is 5. The average Bonchev–Trinajstić information content (AvgIpc) is 2.85. The van der Waals surface area contributed by atoms with Crippen molar-refractivity contribution in [3.8, 4) is 5.75 Å². The van der Waals surface area contributed by atoms with Crippen LogP contribution in [0.3, 0.4) is 0 Å². The van der Waals surface area contributed by atoms with Crippen molar-refractivity contribution in [2.75, 3.05) is 20.2 Å². The highest BCUT2D eigenvalue weighted by Gasteiger charge is 2.54. The second-order valence-corrected chi connectivity index (χ2v) is 11.3. The molecule has 3 fully saturated rings. The van der Waals surface area contributed by atoms with Gasteiger partial charge in [-0.2, -0.15) is 0 Å². The van der Waals surface area contributed by atoms with Crippen LogP contribution in [0, 0.1) is 29.1 Å². The lowest BCUT2D eigenvalue weighted by Crippen LogP contribution is -2.58. The number of hydrogen-bond acceptors (Lipinski definition) is 4. The van der Waals surface area contributed by atoms with E-state index in [0.717, 1.165) is 57.4 Å². The summed E-state index contributed by atoms with van der Waals surface area (Å²) in [7, 11) is 1.61. The van der Waals surface area contributed by atoms with Crippen LogP contribution in [-0.2, 0) is 4.79 Å². The van der Waals surface area contributed by atoms with Gasteiger partial charge in [0.25, 0.3) is 5.91 Å². The number of fused-ring (bicyclic) bond motifs is 1. The zero-order chi connectivity index (χ0) is 24.5. The molecule has 7 atom stereocenters. The second-order valence-electron chi connectivity index (χ2n) is 11.3. The van der Waals surface area contributed by atoms with Gasteiger partial charge in [0, 0.05) is 30.6 Å². The Bertz CT molecular complexity index is 866. The molecule has 2 N–H and O–H groups in total. The Kier molecular flexibility index (Phi) is 7.56. The molecule has 2 saturated carbocycles. The van der Waals surface area contributed by atoms with Crippen LogP contribution in [0.1, 0.15) is 76.1 Å². The molecule has 188 valence electrons. The van der Waals surface area contributed by atoms with Crippen LogP contribution in [-0.4, -0.2) is 54.2 Å². The molecule has 34 heavy (non-hydrogen) atoms. The fraction of sp³-hybridized carbons (Fsp3) is 0.714. The van der Waals surface area contributed by atoms with E-state index in [0.29, 0.717) is 5.56 Å². The molecule has 3 aliphatic rings. The number of carbonyl (C=O) groups is 2. The Balaban J connectivity index is 1.45. The lowest BCUT2D eigenvalue weighted by Gasteiger charge is -2.56. The van der Waals surface area contributed by atoms with E-state index >= 15 is 0 Å². The summed E-state index contributed by atoms with van der Waals surface area (Å²) in [5, 5.41) is 14.9. The van der Waals surface area contributed by atoms with Crippen molar-refractivity contribution < 1.29 is 19.4 Å². The van der Waals surface area contributed by atoms with Gasteiger partial charge in [-0.3, -0.25) is 9.59 Å². The summed E-state index contributed by atoms with van der Waals surface area (Å²) in [4.78, 5) is 28.2. The fourth-order valence-electron chi connectivity index (χ4n) is 7.08. The van der Waals surface area contributed by atoms with E-state index in [1.807, 2.05) is 11.8 Å². The Hall–Kier alpha value is -2.08. The molecule has 0 bridgehead atoms. The van der Waals surface area contributed by atoms with Gasteiger partial charge in [-0.25, -0.2) is 0 Å². The van der Waals surface area contributed by atoms with E-state index in [4.69, 9.17) is 4.74 Å². The van der Waals surface area contributed by atoms with Crippen LogP contribution in [0.2, 0.25) is 0 Å². The van der Waals surface area contributed by atoms with Gasteiger partial charge < -0.3 is 20.1 Å². The van der Waals surface area contributed by atoms with Crippen LogP contribution < -0.4 is 10.1 Å². The number of hydrogen-bond donors (Lipinski definition) is 2. The van der Waals surface area contributed by atoms with E-state index in [9.17, 15) is 14.7 Å². The van der Waals surface area contributed by atoms with Gasteiger partial charge >= 0.3 is 0 Å². The minimum Gasteiger partial charge on any atom is -0.497 e. The molecule has 1 saturated heterocycles. The molecule has 2 aliphatic carbocycles. The summed E-state index contributed by atoms with van der Waals surface area (Å²) >= 11 is 0. The Morgan fingerprint density at radius 1 is 1.12 bits per heavy atom. The van der Waals surface area contributed by atoms with Crippen LogP contribution >= 0.6 is 0 Å². The first-order valence-corrected chi connectivity index (χ1v) is 13.2. The highest BCUT2D eigenvalue weighted by atomic mass is 16.5. The molecule has 1 heterocycles. The number of nitrogens with one attached hydrogen (secondary N) is 1. The SMILES string of the molecule is COc1ccc(C(=O)N[C@H]2CC[C@]3(C)CCC([C@H](C)C(=O)N4CCCCC4)[C@H](O)[C@H]3[C@@H]2C)cc1. The third-order valence-electron chi connectivity index (χ3n) is 9.26. The molecular formula is C28H42N2O4. The zero-order valence-corrected chi connectivity index (χ0v) is 21.3. The second kappa shape index (κ2) is 10.3. The Morgan fingerprint density at radius 2 is 1.76 bits per heavy atom. The van der Waals surface area contributed by atoms with Gasteiger partial charge in [0.2, 0.25) is 5.91 Å². The number of ether oxygens (including phenoxy) is 1. The van der Waals surface area contributed by atoms with Gasteiger partial charge in [-0.05, 0) is 92.4 Å². The van der Waals surface area contributed by atoms with Crippen molar-refractivity contribution in [3.05, 3.63) is 29.8 Å². The van der Waals surface area contributed by atoms with Crippen LogP contribution in [0.15, 0.2) is 24.3 Å². The van der Waals surface area contributed by atoms with Crippen molar-refractivity contribution in [1.29, 1.82) is 0 Å². The highest BCUT2D eigenvalue weighted by Crippen LogP contribution is 2.55. The molecular weight excluding hydrogens is 428 g/mol. The molecule has 6 nitrogen and oxygen atoms in total. The largest absolute Gasteiger partial charge is 0.497 e. The maximum Gasteiger partial charge on any atom is 0.251 e. The van der Waals surface area contributed by atoms with Gasteiger partial charge in [-0.1, -0.05) is 20.8 Å². The molecule has 1 aromatic rings. The Labute approximate surface area is 204 Å². The van der Waals surface area contributed by atoms with Crippen molar-refractivity contribution in [2.24, 2.45) is 29.1 Å². The van der Waals surface area contributed by atoms with Crippen molar-refractivity contribution >= 4 is 11.8 Å². The standard InChI is InChI=1S/C28H42N2O4/c1-18(27(33)30-16-6-5-7-17-30)22-12-14-28(3)15-13-23(19(2)24(28)25(22)31)29-26(32)20-8-10-21(34-4)11-9-20/h8-11,18-19,22-25,31H,5-7,12-17H2,1-4H3,(H,29,32)/t18-,19+,22?,23-,24+,25-,28-/m0/s1. The van der Waals surface area contributed by atoms with E-state index in [2.05, 4.69) is 19.2 Å². The number of likely N-dealkylation sites (tertiary alicyclic amines) is 1. The van der Waals surface area contributed by atoms with Gasteiger partial charge in [0.15, 0.2) is 0 Å². The van der Waals surface area contributed by atoms with Crippen LogP contribution in [0.5, 0.6) is 5.75 Å². The van der Waals surface area contributed by atoms with Crippen LogP contribution in [0.25, 0.3) is 0 Å². The summed E-state index contributed by atoms with van der Waals surface area (Å²) in [5.74, 6) is 0.862. The predicted molar refractivity (Wildman–Crippen MR) is 133 cm³/mol. The molecule has 4 rings (SSSR count). The van der Waals surface area contributed by atoms with Gasteiger partial charge in [0.05, 0.1) is 13.2 Å². The molecule has 0 spiro atoms. The lowest BCUT2D eigenvalue weighted by molar-refractivity contribution is -0.150. The zero-order valence-electron chi connectivity index (χ0n) is 21.3. The smallest absolute Gasteiger partial charge is 0.251 e. The number of aliphatic hydroxyl groups is 1. The van der Waals surface area contributed by atoms with Crippen molar-refractivity contribution in [3.63, 3.8) is 0 Å². The lowest BCUT2D eigenvalue weighted by atomic mass is 9.51. The average molecular weight is 471 g/mol. The summed E-state index contributed by atoms with van der Waals surface area (Å²) in [6.45, 7) is 8.19. The maximum absolute atomic E-state index is 13.2. The number of benzene rings is 1. The number of methoxy groups -OCH3 is 1. The molecule has 1 aromatic carbocycles. The first-order valence-electron chi connectivity index (χ1n) is 13.2. The Morgan fingerprint density at radius 3 is 2.41 bits per heavy atom. The van der Waals surface area contributed by atoms with Crippen LogP contribution in [0.4, 0.5) is 0 Å². The summed E-state index contributed by atoms with van der Waals surface area (Å²) < 4.78 is 5.20. The van der Waals surface area contributed by atoms with Gasteiger partial charge in [0.1, 0.15) is 5.75 Å². The normalized spacial score (nSPS) is 34.6. The molecule has 0 radical (unpaired) electrons. The third kappa shape index (κ3) is 4.84. The number of amides is 2. The molecule has 1 unspecified atom stereocenters. The fourth-order valence-corrected chi connectivity index (χ4v) is 7.08. The molecule has 2 amide bonds. The number of aliphatic hydroxyl groups excluding tert-OH is 1. The minimum absolute atomic E-state index is 0.00850. The first kappa shape index (κ1) is 25.0. The number of nitrogens with zero attached hydrogens (tertiary/aromatic N) is 1. The van der Waals surface area contributed by atoms with E-state index in [1.54, 1.807) is 31.4 Å². The third-order valence-corrected chi connectivity index (χ3v) is 9.26. The minimum atomic E-state index is -0.529. The molecule has 1 aliphatic heterocycles. The maximum atomic E-state index is 13.2. The quantitative estimate of drug-likeness (QED) is 0.674. The molecule has 0 aromatic heterocycles. The summed E-state index contributed by atoms with van der Waals surface area (Å²) in [6, 6.07) is 7.17. The van der Waals surface area contributed by atoms with Gasteiger partial charge in [-0.15, -0.1) is 0 Å². The monoisotopic (exact) mass is 470 g/mol. The predicted octanol–water partition coefficient (Wildman–Crippen LogP) is 4.27.